The Kier molecular flexibility index (Phi) is 5.20. The molecule has 0 saturated carbocycles. The van der Waals surface area contributed by atoms with E-state index in [1.807, 2.05) is 18.7 Å². The Balaban J connectivity index is 2.52. The summed E-state index contributed by atoms with van der Waals surface area (Å²) < 4.78 is 28.1. The highest BCUT2D eigenvalue weighted by atomic mass is 32.2. The SMILES string of the molecule is CCN(CC)C(N)=NCC1CS(=O)(=O)CCO1. The molecule has 0 bridgehead atoms. The van der Waals surface area contributed by atoms with Crippen molar-refractivity contribution in [2.45, 2.75) is 20.0 Å². The van der Waals surface area contributed by atoms with Crippen LogP contribution in [0.3, 0.4) is 0 Å². The molecule has 0 aromatic carbocycles. The molecule has 1 aliphatic rings. The van der Waals surface area contributed by atoms with Gasteiger partial charge in [0.1, 0.15) is 0 Å². The molecule has 0 amide bonds. The second-order valence-electron chi connectivity index (χ2n) is 3.98. The molecule has 1 unspecified atom stereocenters. The van der Waals surface area contributed by atoms with Gasteiger partial charge < -0.3 is 15.4 Å². The zero-order valence-corrected chi connectivity index (χ0v) is 11.2. The first-order valence-electron chi connectivity index (χ1n) is 5.85. The van der Waals surface area contributed by atoms with Crippen LogP contribution in [0.1, 0.15) is 13.8 Å². The van der Waals surface area contributed by atoms with Crippen LogP contribution in [-0.4, -0.2) is 63.1 Å². The summed E-state index contributed by atoms with van der Waals surface area (Å²) in [6, 6.07) is 0. The molecule has 0 radical (unpaired) electrons. The normalized spacial score (nSPS) is 24.6. The van der Waals surface area contributed by atoms with E-state index in [0.717, 1.165) is 13.1 Å². The molecule has 0 aromatic rings. The lowest BCUT2D eigenvalue weighted by atomic mass is 10.4. The minimum atomic E-state index is -2.96. The zero-order valence-electron chi connectivity index (χ0n) is 10.4. The molecule has 17 heavy (non-hydrogen) atoms. The van der Waals surface area contributed by atoms with Gasteiger partial charge in [0.05, 0.1) is 30.8 Å². The standard InChI is InChI=1S/C10H21N3O3S/c1-3-13(4-2)10(11)12-7-9-8-17(14,15)6-5-16-9/h9H,3-8H2,1-2H3,(H2,11,12). The number of hydrogen-bond donors (Lipinski definition) is 1. The number of aliphatic imine (C=N–C) groups is 1. The predicted molar refractivity (Wildman–Crippen MR) is 67.8 cm³/mol. The Labute approximate surface area is 103 Å². The third-order valence-corrected chi connectivity index (χ3v) is 4.40. The quantitative estimate of drug-likeness (QED) is 0.544. The lowest BCUT2D eigenvalue weighted by Gasteiger charge is -2.23. The maximum atomic E-state index is 11.4. The Hall–Kier alpha value is -0.820. The smallest absolute Gasteiger partial charge is 0.191 e. The maximum Gasteiger partial charge on any atom is 0.191 e. The van der Waals surface area contributed by atoms with Gasteiger partial charge in [-0.25, -0.2) is 8.42 Å². The van der Waals surface area contributed by atoms with Crippen molar-refractivity contribution >= 4 is 15.8 Å². The summed E-state index contributed by atoms with van der Waals surface area (Å²) in [5.41, 5.74) is 5.79. The monoisotopic (exact) mass is 263 g/mol. The van der Waals surface area contributed by atoms with Gasteiger partial charge in [-0.3, -0.25) is 4.99 Å². The Morgan fingerprint density at radius 2 is 2.12 bits per heavy atom. The number of hydrogen-bond acceptors (Lipinski definition) is 4. The van der Waals surface area contributed by atoms with Crippen molar-refractivity contribution in [3.63, 3.8) is 0 Å². The van der Waals surface area contributed by atoms with Crippen LogP contribution in [0.15, 0.2) is 4.99 Å². The first-order chi connectivity index (χ1) is 7.98. The number of nitrogens with zero attached hydrogens (tertiary/aromatic N) is 2. The molecular formula is C10H21N3O3S. The van der Waals surface area contributed by atoms with Crippen LogP contribution >= 0.6 is 0 Å². The minimum Gasteiger partial charge on any atom is -0.374 e. The van der Waals surface area contributed by atoms with E-state index in [1.54, 1.807) is 0 Å². The van der Waals surface area contributed by atoms with Gasteiger partial charge in [-0.1, -0.05) is 0 Å². The van der Waals surface area contributed by atoms with E-state index in [1.165, 1.54) is 0 Å². The van der Waals surface area contributed by atoms with Crippen LogP contribution in [-0.2, 0) is 14.6 Å². The first kappa shape index (κ1) is 14.2. The van der Waals surface area contributed by atoms with E-state index in [-0.39, 0.29) is 24.2 Å². The Bertz CT molecular complexity index is 363. The number of nitrogens with two attached hydrogens (primary N) is 1. The fourth-order valence-corrected chi connectivity index (χ4v) is 2.99. The van der Waals surface area contributed by atoms with Crippen molar-refractivity contribution in [2.75, 3.05) is 37.7 Å². The average molecular weight is 263 g/mol. The maximum absolute atomic E-state index is 11.4. The molecule has 7 heteroatoms. The molecule has 0 aromatic heterocycles. The predicted octanol–water partition coefficient (Wildman–Crippen LogP) is -0.543. The van der Waals surface area contributed by atoms with Crippen LogP contribution in [0.25, 0.3) is 0 Å². The zero-order chi connectivity index (χ0) is 12.9. The fourth-order valence-electron chi connectivity index (χ4n) is 1.70. The first-order valence-corrected chi connectivity index (χ1v) is 7.67. The average Bonchev–Trinajstić information content (AvgIpc) is 2.27. The van der Waals surface area contributed by atoms with Crippen LogP contribution < -0.4 is 5.73 Å². The highest BCUT2D eigenvalue weighted by molar-refractivity contribution is 7.91. The van der Waals surface area contributed by atoms with Crippen LogP contribution in [0, 0.1) is 0 Å². The molecular weight excluding hydrogens is 242 g/mol. The molecule has 100 valence electrons. The van der Waals surface area contributed by atoms with Crippen molar-refractivity contribution in [2.24, 2.45) is 10.7 Å². The van der Waals surface area contributed by atoms with Crippen molar-refractivity contribution < 1.29 is 13.2 Å². The molecule has 6 nitrogen and oxygen atoms in total. The molecule has 1 aliphatic heterocycles. The van der Waals surface area contributed by atoms with Crippen molar-refractivity contribution in [3.8, 4) is 0 Å². The van der Waals surface area contributed by atoms with Crippen LogP contribution in [0.5, 0.6) is 0 Å². The van der Waals surface area contributed by atoms with Gasteiger partial charge in [0, 0.05) is 13.1 Å². The molecule has 1 fully saturated rings. The van der Waals surface area contributed by atoms with E-state index in [9.17, 15) is 8.42 Å². The van der Waals surface area contributed by atoms with Gasteiger partial charge >= 0.3 is 0 Å². The third kappa shape index (κ3) is 4.51. The molecule has 1 atom stereocenters. The summed E-state index contributed by atoms with van der Waals surface area (Å²) in [6.07, 6.45) is -0.358. The number of rotatable bonds is 4. The Morgan fingerprint density at radius 3 is 2.65 bits per heavy atom. The highest BCUT2D eigenvalue weighted by Gasteiger charge is 2.25. The summed E-state index contributed by atoms with van der Waals surface area (Å²) in [5, 5.41) is 0. The van der Waals surface area contributed by atoms with Gasteiger partial charge in [0.15, 0.2) is 15.8 Å². The van der Waals surface area contributed by atoms with E-state index in [0.29, 0.717) is 12.5 Å². The molecule has 0 aliphatic carbocycles. The van der Waals surface area contributed by atoms with Crippen molar-refractivity contribution in [1.29, 1.82) is 0 Å². The lowest BCUT2D eigenvalue weighted by molar-refractivity contribution is 0.0781. The van der Waals surface area contributed by atoms with Crippen molar-refractivity contribution in [3.05, 3.63) is 0 Å². The Morgan fingerprint density at radius 1 is 1.47 bits per heavy atom. The topological polar surface area (TPSA) is 85.0 Å². The highest BCUT2D eigenvalue weighted by Crippen LogP contribution is 2.07. The lowest BCUT2D eigenvalue weighted by Crippen LogP contribution is -2.40. The largest absolute Gasteiger partial charge is 0.374 e. The third-order valence-electron chi connectivity index (χ3n) is 2.73. The number of guanidine groups is 1. The van der Waals surface area contributed by atoms with Crippen LogP contribution in [0.2, 0.25) is 0 Å². The second-order valence-corrected chi connectivity index (χ2v) is 6.21. The van der Waals surface area contributed by atoms with E-state index >= 15 is 0 Å². The minimum absolute atomic E-state index is 0.0437. The van der Waals surface area contributed by atoms with Gasteiger partial charge in [-0.05, 0) is 13.8 Å². The molecule has 1 heterocycles. The number of sulfone groups is 1. The summed E-state index contributed by atoms with van der Waals surface area (Å²) in [6.45, 7) is 6.13. The molecule has 1 rings (SSSR count). The van der Waals surface area contributed by atoms with Crippen molar-refractivity contribution in [1.82, 2.24) is 4.90 Å². The van der Waals surface area contributed by atoms with E-state index in [2.05, 4.69) is 4.99 Å². The fraction of sp³-hybridized carbons (Fsp3) is 0.900. The molecule has 0 spiro atoms. The summed E-state index contributed by atoms with van der Waals surface area (Å²) >= 11 is 0. The van der Waals surface area contributed by atoms with Gasteiger partial charge in [-0.2, -0.15) is 0 Å². The molecule has 2 N–H and O–H groups in total. The molecule has 1 saturated heterocycles. The van der Waals surface area contributed by atoms with Gasteiger partial charge in [0.2, 0.25) is 0 Å². The van der Waals surface area contributed by atoms with E-state index < -0.39 is 9.84 Å². The second kappa shape index (κ2) is 6.20. The number of ether oxygens (including phenoxy) is 1. The summed E-state index contributed by atoms with van der Waals surface area (Å²) in [4.78, 5) is 6.10. The summed E-state index contributed by atoms with van der Waals surface area (Å²) in [7, 11) is -2.96. The van der Waals surface area contributed by atoms with E-state index in [4.69, 9.17) is 10.5 Å². The van der Waals surface area contributed by atoms with Crippen LogP contribution in [0.4, 0.5) is 0 Å². The van der Waals surface area contributed by atoms with Gasteiger partial charge in [-0.15, -0.1) is 0 Å². The van der Waals surface area contributed by atoms with Gasteiger partial charge in [0.25, 0.3) is 0 Å². The summed E-state index contributed by atoms with van der Waals surface area (Å²) in [5.74, 6) is 0.599.